The zero-order valence-electron chi connectivity index (χ0n) is 14.3. The second kappa shape index (κ2) is 9.25. The zero-order valence-corrected chi connectivity index (χ0v) is 15.8. The number of anilines is 1. The summed E-state index contributed by atoms with van der Waals surface area (Å²) in [5.74, 6) is 0. The van der Waals surface area contributed by atoms with Crippen LogP contribution in [0.5, 0.6) is 0 Å². The number of aromatic nitrogens is 2. The van der Waals surface area contributed by atoms with E-state index in [0.717, 1.165) is 22.2 Å². The van der Waals surface area contributed by atoms with Gasteiger partial charge in [0.1, 0.15) is 5.65 Å². The Bertz CT molecular complexity index is 846. The van der Waals surface area contributed by atoms with Crippen molar-refractivity contribution in [1.82, 2.24) is 20.6 Å². The minimum atomic E-state index is 0.519. The third-order valence-corrected chi connectivity index (χ3v) is 4.29. The molecule has 5 nitrogen and oxygen atoms in total. The third-order valence-electron chi connectivity index (χ3n) is 3.54. The number of fused-ring (bicyclic) bond motifs is 1. The lowest BCUT2D eigenvalue weighted by molar-refractivity contribution is 0.836. The van der Waals surface area contributed by atoms with Crippen LogP contribution >= 0.6 is 23.8 Å². The largest absolute Gasteiger partial charge is 0.398 e. The summed E-state index contributed by atoms with van der Waals surface area (Å²) in [7, 11) is 0. The monoisotopic (exact) mass is 375 g/mol. The molecule has 0 spiro atoms. The number of nitrogens with two attached hydrogens (primary N) is 1. The molecule has 0 fully saturated rings. The molecule has 0 bridgehead atoms. The first kappa shape index (κ1) is 19.0. The topological polar surface area (TPSA) is 78.8 Å². The van der Waals surface area contributed by atoms with Gasteiger partial charge in [-0.1, -0.05) is 37.6 Å². The van der Waals surface area contributed by atoms with Gasteiger partial charge in [0, 0.05) is 30.9 Å². The van der Waals surface area contributed by atoms with Crippen LogP contribution in [0.1, 0.15) is 25.0 Å². The molecule has 0 aliphatic carbocycles. The third kappa shape index (κ3) is 4.84. The van der Waals surface area contributed by atoms with E-state index >= 15 is 0 Å². The maximum absolute atomic E-state index is 6.16. The van der Waals surface area contributed by atoms with Crippen LogP contribution in [0.15, 0.2) is 42.7 Å². The minimum Gasteiger partial charge on any atom is -0.398 e. The Morgan fingerprint density at radius 3 is 2.64 bits per heavy atom. The smallest absolute Gasteiger partial charge is 0.166 e. The highest BCUT2D eigenvalue weighted by molar-refractivity contribution is 7.80. The number of pyridine rings is 1. The predicted octanol–water partition coefficient (Wildman–Crippen LogP) is 3.99. The van der Waals surface area contributed by atoms with Crippen LogP contribution < -0.4 is 16.4 Å². The first-order valence-electron chi connectivity index (χ1n) is 8.10. The van der Waals surface area contributed by atoms with E-state index in [0.29, 0.717) is 28.9 Å². The normalized spacial score (nSPS) is 10.0. The number of H-pyrrole nitrogens is 1. The van der Waals surface area contributed by atoms with Crippen molar-refractivity contribution in [2.75, 3.05) is 5.73 Å². The van der Waals surface area contributed by atoms with Crippen LogP contribution in [0, 0.1) is 0 Å². The Kier molecular flexibility index (Phi) is 7.03. The van der Waals surface area contributed by atoms with Gasteiger partial charge in [0.2, 0.25) is 0 Å². The summed E-state index contributed by atoms with van der Waals surface area (Å²) in [6, 6.07) is 9.53. The van der Waals surface area contributed by atoms with Crippen LogP contribution in [0.2, 0.25) is 5.02 Å². The molecule has 3 aromatic rings. The van der Waals surface area contributed by atoms with Crippen molar-refractivity contribution in [2.24, 2.45) is 0 Å². The number of hydrogen-bond donors (Lipinski definition) is 4. The molecule has 0 aliphatic rings. The molecule has 0 saturated carbocycles. The fraction of sp³-hybridized carbons (Fsp3) is 0.222. The van der Waals surface area contributed by atoms with Gasteiger partial charge in [-0.15, -0.1) is 0 Å². The van der Waals surface area contributed by atoms with Crippen LogP contribution in [-0.4, -0.2) is 15.1 Å². The summed E-state index contributed by atoms with van der Waals surface area (Å²) >= 11 is 11.5. The SMILES string of the molecule is CC.Nc1cccc(CNC(=S)NCc2ccnc3[nH]ccc23)c1Cl. The lowest BCUT2D eigenvalue weighted by atomic mass is 10.2. The quantitative estimate of drug-likeness (QED) is 0.409. The predicted molar refractivity (Wildman–Crippen MR) is 110 cm³/mol. The van der Waals surface area contributed by atoms with Gasteiger partial charge in [-0.25, -0.2) is 4.98 Å². The van der Waals surface area contributed by atoms with Crippen LogP contribution in [0.3, 0.4) is 0 Å². The van der Waals surface area contributed by atoms with Gasteiger partial charge in [-0.2, -0.15) is 0 Å². The zero-order chi connectivity index (χ0) is 18.2. The Balaban J connectivity index is 0.00000109. The lowest BCUT2D eigenvalue weighted by Crippen LogP contribution is -2.34. The fourth-order valence-electron chi connectivity index (χ4n) is 2.32. The summed E-state index contributed by atoms with van der Waals surface area (Å²) in [4.78, 5) is 7.36. The number of aromatic amines is 1. The Morgan fingerprint density at radius 2 is 1.88 bits per heavy atom. The van der Waals surface area contributed by atoms with Crippen molar-refractivity contribution in [3.8, 4) is 0 Å². The number of hydrogen-bond acceptors (Lipinski definition) is 3. The Labute approximate surface area is 158 Å². The summed E-state index contributed by atoms with van der Waals surface area (Å²) in [6.07, 6.45) is 3.65. The molecule has 132 valence electrons. The van der Waals surface area contributed by atoms with Gasteiger partial charge in [-0.3, -0.25) is 0 Å². The Hall–Kier alpha value is -2.31. The average molecular weight is 376 g/mol. The standard InChI is InChI=1S/C16H16ClN5S.C2H6/c17-14-11(2-1-3-13(14)18)9-22-16(23)21-8-10-4-6-19-15-12(10)5-7-20-15;1-2/h1-7H,8-9,18H2,(H,19,20)(H2,21,22,23);1-2H3. The first-order valence-corrected chi connectivity index (χ1v) is 8.89. The second-order valence-corrected chi connectivity index (χ2v) is 5.85. The van der Waals surface area contributed by atoms with Gasteiger partial charge < -0.3 is 21.4 Å². The molecule has 0 radical (unpaired) electrons. The highest BCUT2D eigenvalue weighted by atomic mass is 35.5. The second-order valence-electron chi connectivity index (χ2n) is 5.07. The van der Waals surface area contributed by atoms with E-state index in [2.05, 4.69) is 20.6 Å². The molecule has 0 saturated heterocycles. The van der Waals surface area contributed by atoms with Gasteiger partial charge in [0.15, 0.2) is 5.11 Å². The number of halogens is 1. The molecule has 0 unspecified atom stereocenters. The molecule has 2 aromatic heterocycles. The number of nitrogens with zero attached hydrogens (tertiary/aromatic N) is 1. The van der Waals surface area contributed by atoms with Crippen molar-refractivity contribution in [2.45, 2.75) is 26.9 Å². The fourth-order valence-corrected chi connectivity index (χ4v) is 2.66. The van der Waals surface area contributed by atoms with Crippen molar-refractivity contribution in [3.63, 3.8) is 0 Å². The van der Waals surface area contributed by atoms with E-state index in [1.54, 1.807) is 12.3 Å². The van der Waals surface area contributed by atoms with Gasteiger partial charge in [0.25, 0.3) is 0 Å². The van der Waals surface area contributed by atoms with Crippen LogP contribution in [-0.2, 0) is 13.1 Å². The average Bonchev–Trinajstić information content (AvgIpc) is 3.12. The molecule has 1 aromatic carbocycles. The Morgan fingerprint density at radius 1 is 1.16 bits per heavy atom. The van der Waals surface area contributed by atoms with Gasteiger partial charge >= 0.3 is 0 Å². The minimum absolute atomic E-state index is 0.519. The van der Waals surface area contributed by atoms with E-state index in [9.17, 15) is 0 Å². The summed E-state index contributed by atoms with van der Waals surface area (Å²) in [5, 5.41) is 8.53. The number of benzene rings is 1. The number of nitrogen functional groups attached to an aromatic ring is 1. The van der Waals surface area contributed by atoms with Crippen molar-refractivity contribution < 1.29 is 0 Å². The molecule has 7 heteroatoms. The van der Waals surface area contributed by atoms with E-state index in [4.69, 9.17) is 29.6 Å². The summed E-state index contributed by atoms with van der Waals surface area (Å²) < 4.78 is 0. The van der Waals surface area contributed by atoms with E-state index in [-0.39, 0.29) is 0 Å². The molecule has 0 aliphatic heterocycles. The molecular formula is C18H22ClN5S. The molecule has 5 N–H and O–H groups in total. The summed E-state index contributed by atoms with van der Waals surface area (Å²) in [6.45, 7) is 5.14. The molecule has 0 atom stereocenters. The molecular weight excluding hydrogens is 354 g/mol. The van der Waals surface area contributed by atoms with Gasteiger partial charge in [0.05, 0.1) is 10.7 Å². The van der Waals surface area contributed by atoms with E-state index in [1.807, 2.05) is 44.3 Å². The number of thiocarbonyl (C=S) groups is 1. The van der Waals surface area contributed by atoms with Crippen LogP contribution in [0.4, 0.5) is 5.69 Å². The highest BCUT2D eigenvalue weighted by Gasteiger charge is 2.06. The van der Waals surface area contributed by atoms with Crippen molar-refractivity contribution in [3.05, 3.63) is 58.9 Å². The van der Waals surface area contributed by atoms with Crippen LogP contribution in [0.25, 0.3) is 11.0 Å². The van der Waals surface area contributed by atoms with E-state index in [1.165, 1.54) is 0 Å². The van der Waals surface area contributed by atoms with E-state index < -0.39 is 0 Å². The highest BCUT2D eigenvalue weighted by Crippen LogP contribution is 2.22. The number of rotatable bonds is 4. The lowest BCUT2D eigenvalue weighted by Gasteiger charge is -2.12. The molecule has 3 rings (SSSR count). The maximum atomic E-state index is 6.16. The van der Waals surface area contributed by atoms with Gasteiger partial charge in [-0.05, 0) is 41.5 Å². The van der Waals surface area contributed by atoms with Crippen molar-refractivity contribution in [1.29, 1.82) is 0 Å². The van der Waals surface area contributed by atoms with Crippen molar-refractivity contribution >= 4 is 45.7 Å². The molecule has 0 amide bonds. The first-order chi connectivity index (χ1) is 12.1. The maximum Gasteiger partial charge on any atom is 0.166 e. The molecule has 2 heterocycles. The summed E-state index contributed by atoms with van der Waals surface area (Å²) in [5.41, 5.74) is 9.26. The number of nitrogens with one attached hydrogen (secondary N) is 3. The molecule has 25 heavy (non-hydrogen) atoms.